The molecule has 1 aliphatic heterocycles. The van der Waals surface area contributed by atoms with Gasteiger partial charge in [-0.2, -0.15) is 0 Å². The Labute approximate surface area is 154 Å². The van der Waals surface area contributed by atoms with E-state index in [4.69, 9.17) is 9.47 Å². The Morgan fingerprint density at radius 3 is 2.73 bits per heavy atom. The SMILES string of the molecule is CCCN1C(=O)c2ccccc2NC1c1cccc(OCCOCC)c1. The van der Waals surface area contributed by atoms with E-state index in [1.165, 1.54) is 0 Å². The second kappa shape index (κ2) is 8.72. The van der Waals surface area contributed by atoms with Crippen molar-refractivity contribution >= 4 is 11.6 Å². The highest BCUT2D eigenvalue weighted by molar-refractivity contribution is 6.01. The first-order valence-electron chi connectivity index (χ1n) is 9.21. The van der Waals surface area contributed by atoms with Gasteiger partial charge in [-0.3, -0.25) is 4.79 Å². The summed E-state index contributed by atoms with van der Waals surface area (Å²) in [6.45, 7) is 6.50. The Morgan fingerprint density at radius 1 is 1.08 bits per heavy atom. The zero-order valence-corrected chi connectivity index (χ0v) is 15.4. The maximum absolute atomic E-state index is 13.0. The molecule has 0 saturated carbocycles. The Kier molecular flexibility index (Phi) is 6.12. The quantitative estimate of drug-likeness (QED) is 0.726. The van der Waals surface area contributed by atoms with E-state index >= 15 is 0 Å². The van der Waals surface area contributed by atoms with Gasteiger partial charge in [-0.15, -0.1) is 0 Å². The molecular formula is C21H26N2O3. The number of para-hydroxylation sites is 1. The number of carbonyl (C=O) groups excluding carboxylic acids is 1. The fourth-order valence-electron chi connectivity index (χ4n) is 3.16. The highest BCUT2D eigenvalue weighted by Crippen LogP contribution is 2.34. The summed E-state index contributed by atoms with van der Waals surface area (Å²) in [6.07, 6.45) is 0.698. The molecule has 0 bridgehead atoms. The van der Waals surface area contributed by atoms with E-state index in [-0.39, 0.29) is 12.1 Å². The lowest BCUT2D eigenvalue weighted by Gasteiger charge is -2.38. The van der Waals surface area contributed by atoms with E-state index in [0.717, 1.165) is 29.0 Å². The van der Waals surface area contributed by atoms with Crippen LogP contribution in [0.15, 0.2) is 48.5 Å². The standard InChI is InChI=1S/C21H26N2O3/c1-3-12-23-20(22-19-11-6-5-10-18(19)21(23)24)16-8-7-9-17(15-16)26-14-13-25-4-2/h5-11,15,20,22H,3-4,12-14H2,1-2H3. The molecule has 1 unspecified atom stereocenters. The van der Waals surface area contributed by atoms with Crippen molar-refractivity contribution in [3.63, 3.8) is 0 Å². The maximum Gasteiger partial charge on any atom is 0.257 e. The van der Waals surface area contributed by atoms with E-state index in [0.29, 0.717) is 26.4 Å². The number of carbonyl (C=O) groups is 1. The van der Waals surface area contributed by atoms with Crippen LogP contribution in [-0.4, -0.2) is 37.2 Å². The predicted octanol–water partition coefficient (Wildman–Crippen LogP) is 4.08. The molecule has 1 atom stereocenters. The van der Waals surface area contributed by atoms with Crippen LogP contribution in [-0.2, 0) is 4.74 Å². The maximum atomic E-state index is 13.0. The first-order chi connectivity index (χ1) is 12.7. The summed E-state index contributed by atoms with van der Waals surface area (Å²) >= 11 is 0. The molecule has 0 radical (unpaired) electrons. The summed E-state index contributed by atoms with van der Waals surface area (Å²) in [4.78, 5) is 14.8. The van der Waals surface area contributed by atoms with Crippen LogP contribution in [0.4, 0.5) is 5.69 Å². The molecule has 0 saturated heterocycles. The van der Waals surface area contributed by atoms with Gasteiger partial charge in [0.15, 0.2) is 0 Å². The lowest BCUT2D eigenvalue weighted by molar-refractivity contribution is 0.0683. The zero-order valence-electron chi connectivity index (χ0n) is 15.4. The van der Waals surface area contributed by atoms with Gasteiger partial charge in [0.1, 0.15) is 18.5 Å². The fourth-order valence-corrected chi connectivity index (χ4v) is 3.16. The van der Waals surface area contributed by atoms with Crippen LogP contribution in [0.25, 0.3) is 0 Å². The minimum absolute atomic E-state index is 0.0638. The smallest absolute Gasteiger partial charge is 0.257 e. The van der Waals surface area contributed by atoms with Gasteiger partial charge in [0, 0.05) is 18.8 Å². The topological polar surface area (TPSA) is 50.8 Å². The van der Waals surface area contributed by atoms with Crippen molar-refractivity contribution in [3.05, 3.63) is 59.7 Å². The van der Waals surface area contributed by atoms with Crippen LogP contribution in [0.5, 0.6) is 5.75 Å². The number of nitrogens with zero attached hydrogens (tertiary/aromatic N) is 1. The number of hydrogen-bond donors (Lipinski definition) is 1. The van der Waals surface area contributed by atoms with Crippen molar-refractivity contribution in [1.82, 2.24) is 4.90 Å². The molecule has 5 nitrogen and oxygen atoms in total. The summed E-state index contributed by atoms with van der Waals surface area (Å²) in [7, 11) is 0. The number of ether oxygens (including phenoxy) is 2. The minimum atomic E-state index is -0.201. The normalized spacial score (nSPS) is 16.2. The molecule has 5 heteroatoms. The molecule has 3 rings (SSSR count). The molecule has 1 heterocycles. The van der Waals surface area contributed by atoms with Gasteiger partial charge < -0.3 is 19.7 Å². The average molecular weight is 354 g/mol. The van der Waals surface area contributed by atoms with Crippen molar-refractivity contribution < 1.29 is 14.3 Å². The summed E-state index contributed by atoms with van der Waals surface area (Å²) < 4.78 is 11.1. The van der Waals surface area contributed by atoms with Gasteiger partial charge in [0.05, 0.1) is 12.2 Å². The highest BCUT2D eigenvalue weighted by Gasteiger charge is 2.32. The first kappa shape index (κ1) is 18.3. The van der Waals surface area contributed by atoms with Crippen molar-refractivity contribution in [2.45, 2.75) is 26.4 Å². The van der Waals surface area contributed by atoms with Crippen molar-refractivity contribution in [2.75, 3.05) is 31.7 Å². The van der Waals surface area contributed by atoms with Gasteiger partial charge in [0.25, 0.3) is 5.91 Å². The molecule has 26 heavy (non-hydrogen) atoms. The third-order valence-electron chi connectivity index (χ3n) is 4.36. The van der Waals surface area contributed by atoms with E-state index in [9.17, 15) is 4.79 Å². The van der Waals surface area contributed by atoms with Gasteiger partial charge in [-0.1, -0.05) is 31.2 Å². The number of rotatable bonds is 8. The van der Waals surface area contributed by atoms with Crippen LogP contribution in [0, 0.1) is 0 Å². The third-order valence-corrected chi connectivity index (χ3v) is 4.36. The van der Waals surface area contributed by atoms with Gasteiger partial charge in [-0.25, -0.2) is 0 Å². The number of hydrogen-bond acceptors (Lipinski definition) is 4. The van der Waals surface area contributed by atoms with E-state index in [1.807, 2.05) is 60.4 Å². The largest absolute Gasteiger partial charge is 0.491 e. The lowest BCUT2D eigenvalue weighted by Crippen LogP contribution is -2.43. The van der Waals surface area contributed by atoms with Crippen LogP contribution in [0.1, 0.15) is 42.4 Å². The van der Waals surface area contributed by atoms with E-state index in [2.05, 4.69) is 12.2 Å². The minimum Gasteiger partial charge on any atom is -0.491 e. The second-order valence-corrected chi connectivity index (χ2v) is 6.21. The lowest BCUT2D eigenvalue weighted by atomic mass is 10.0. The molecule has 138 valence electrons. The summed E-state index contributed by atoms with van der Waals surface area (Å²) in [5.74, 6) is 0.848. The Bertz CT molecular complexity index is 748. The molecular weight excluding hydrogens is 328 g/mol. The Balaban J connectivity index is 1.83. The van der Waals surface area contributed by atoms with Crippen LogP contribution >= 0.6 is 0 Å². The molecule has 0 spiro atoms. The number of amides is 1. The summed E-state index contributed by atoms with van der Waals surface area (Å²) in [6, 6.07) is 15.6. The molecule has 1 N–H and O–H groups in total. The molecule has 2 aromatic carbocycles. The van der Waals surface area contributed by atoms with Crippen molar-refractivity contribution in [3.8, 4) is 5.75 Å². The molecule has 1 aliphatic rings. The van der Waals surface area contributed by atoms with E-state index in [1.54, 1.807) is 0 Å². The average Bonchev–Trinajstić information content (AvgIpc) is 2.68. The summed E-state index contributed by atoms with van der Waals surface area (Å²) in [5.41, 5.74) is 2.61. The van der Waals surface area contributed by atoms with Crippen molar-refractivity contribution in [1.29, 1.82) is 0 Å². The second-order valence-electron chi connectivity index (χ2n) is 6.21. The van der Waals surface area contributed by atoms with Gasteiger partial charge >= 0.3 is 0 Å². The van der Waals surface area contributed by atoms with E-state index < -0.39 is 0 Å². The van der Waals surface area contributed by atoms with Gasteiger partial charge in [-0.05, 0) is 43.2 Å². The molecule has 0 aliphatic carbocycles. The van der Waals surface area contributed by atoms with Crippen LogP contribution in [0.2, 0.25) is 0 Å². The molecule has 1 amide bonds. The predicted molar refractivity (Wildman–Crippen MR) is 103 cm³/mol. The number of nitrogens with one attached hydrogen (secondary N) is 1. The monoisotopic (exact) mass is 354 g/mol. The first-order valence-corrected chi connectivity index (χ1v) is 9.21. The Hall–Kier alpha value is -2.53. The number of anilines is 1. The number of fused-ring (bicyclic) bond motifs is 1. The number of benzene rings is 2. The summed E-state index contributed by atoms with van der Waals surface area (Å²) in [5, 5.41) is 3.51. The molecule has 0 fully saturated rings. The van der Waals surface area contributed by atoms with Crippen LogP contribution in [0.3, 0.4) is 0 Å². The van der Waals surface area contributed by atoms with Crippen LogP contribution < -0.4 is 10.1 Å². The fraction of sp³-hybridized carbons (Fsp3) is 0.381. The Morgan fingerprint density at radius 2 is 1.92 bits per heavy atom. The molecule has 0 aromatic heterocycles. The van der Waals surface area contributed by atoms with Gasteiger partial charge in [0.2, 0.25) is 0 Å². The zero-order chi connectivity index (χ0) is 18.4. The molecule has 2 aromatic rings. The highest BCUT2D eigenvalue weighted by atomic mass is 16.5. The third kappa shape index (κ3) is 3.99. The van der Waals surface area contributed by atoms with Crippen molar-refractivity contribution in [2.24, 2.45) is 0 Å².